The summed E-state index contributed by atoms with van der Waals surface area (Å²) in [7, 11) is 1.49. The van der Waals surface area contributed by atoms with Crippen molar-refractivity contribution >= 4 is 34.0 Å². The third-order valence-electron chi connectivity index (χ3n) is 4.38. The fourth-order valence-electron chi connectivity index (χ4n) is 3.06. The Hall–Kier alpha value is -3.94. The number of hydrogen-bond donors (Lipinski definition) is 1. The highest BCUT2D eigenvalue weighted by Crippen LogP contribution is 2.24. The molecule has 29 heavy (non-hydrogen) atoms. The van der Waals surface area contributed by atoms with Gasteiger partial charge in [-0.3, -0.25) is 14.2 Å². The van der Waals surface area contributed by atoms with E-state index in [1.807, 2.05) is 24.3 Å². The second-order valence-electron chi connectivity index (χ2n) is 6.17. The van der Waals surface area contributed by atoms with Crippen LogP contribution >= 0.6 is 0 Å². The molecule has 0 aliphatic heterocycles. The highest BCUT2D eigenvalue weighted by atomic mass is 16.5. The van der Waals surface area contributed by atoms with Gasteiger partial charge in [-0.1, -0.05) is 6.07 Å². The van der Waals surface area contributed by atoms with Gasteiger partial charge in [0.25, 0.3) is 5.56 Å². The van der Waals surface area contributed by atoms with Crippen molar-refractivity contribution in [3.05, 3.63) is 70.8 Å². The van der Waals surface area contributed by atoms with E-state index in [9.17, 15) is 9.59 Å². The van der Waals surface area contributed by atoms with Crippen LogP contribution in [0.1, 0.15) is 17.3 Å². The van der Waals surface area contributed by atoms with Gasteiger partial charge in [0, 0.05) is 23.5 Å². The second kappa shape index (κ2) is 7.59. The van der Waals surface area contributed by atoms with Crippen LogP contribution in [0.15, 0.2) is 59.7 Å². The fourth-order valence-corrected chi connectivity index (χ4v) is 3.06. The molecule has 1 N–H and O–H groups in total. The zero-order valence-electron chi connectivity index (χ0n) is 15.9. The number of esters is 1. The van der Waals surface area contributed by atoms with E-state index >= 15 is 0 Å². The molecule has 4 aromatic rings. The molecule has 0 saturated carbocycles. The van der Waals surface area contributed by atoms with Gasteiger partial charge in [0.15, 0.2) is 22.8 Å². The number of rotatable bonds is 5. The molecule has 0 spiro atoms. The monoisotopic (exact) mass is 390 g/mol. The smallest absolute Gasteiger partial charge is 0.347 e. The van der Waals surface area contributed by atoms with Crippen molar-refractivity contribution in [1.29, 1.82) is 0 Å². The molecule has 0 aliphatic carbocycles. The van der Waals surface area contributed by atoms with E-state index in [-0.39, 0.29) is 23.6 Å². The van der Waals surface area contributed by atoms with Crippen LogP contribution < -0.4 is 15.6 Å². The van der Waals surface area contributed by atoms with Crippen molar-refractivity contribution in [1.82, 2.24) is 14.4 Å². The van der Waals surface area contributed by atoms with Crippen molar-refractivity contribution in [3.8, 4) is 5.75 Å². The van der Waals surface area contributed by atoms with Crippen molar-refractivity contribution in [2.75, 3.05) is 19.0 Å². The molecule has 0 bridgehead atoms. The van der Waals surface area contributed by atoms with Crippen LogP contribution in [0.3, 0.4) is 0 Å². The molecule has 1 aromatic carbocycles. The van der Waals surface area contributed by atoms with Crippen LogP contribution in [-0.2, 0) is 4.74 Å². The van der Waals surface area contributed by atoms with Crippen molar-refractivity contribution in [2.45, 2.75) is 6.92 Å². The van der Waals surface area contributed by atoms with Gasteiger partial charge in [0.2, 0.25) is 0 Å². The van der Waals surface area contributed by atoms with Gasteiger partial charge < -0.3 is 14.8 Å². The third kappa shape index (κ3) is 3.36. The predicted molar refractivity (Wildman–Crippen MR) is 109 cm³/mol. The Bertz CT molecular complexity index is 1280. The minimum Gasteiger partial charge on any atom is -0.493 e. The number of pyridine rings is 2. The number of carbonyl (C=O) groups excluding carboxylic acids is 1. The molecular formula is C21H18N4O4. The van der Waals surface area contributed by atoms with Gasteiger partial charge in [0.05, 0.1) is 19.2 Å². The van der Waals surface area contributed by atoms with Crippen molar-refractivity contribution < 1.29 is 14.3 Å². The Morgan fingerprint density at radius 2 is 2.07 bits per heavy atom. The standard InChI is InChI=1S/C21H18N4O4/c1-3-29-21(27)17-18(23-14-8-9-15-13(12-14)6-4-10-22-15)24-19-16(28-2)7-5-11-25(19)20(17)26/h4-12,23H,3H2,1-2H3. The number of anilines is 2. The summed E-state index contributed by atoms with van der Waals surface area (Å²) in [6.45, 7) is 1.82. The molecule has 3 heterocycles. The van der Waals surface area contributed by atoms with E-state index in [1.165, 1.54) is 17.7 Å². The van der Waals surface area contributed by atoms with Crippen LogP contribution in [0, 0.1) is 0 Å². The number of nitrogens with one attached hydrogen (secondary N) is 1. The van der Waals surface area contributed by atoms with Gasteiger partial charge in [0.1, 0.15) is 0 Å². The second-order valence-corrected chi connectivity index (χ2v) is 6.17. The summed E-state index contributed by atoms with van der Waals surface area (Å²) in [5, 5.41) is 3.99. The largest absolute Gasteiger partial charge is 0.493 e. The van der Waals surface area contributed by atoms with E-state index in [0.29, 0.717) is 11.4 Å². The summed E-state index contributed by atoms with van der Waals surface area (Å²) in [4.78, 5) is 34.4. The quantitative estimate of drug-likeness (QED) is 0.523. The zero-order chi connectivity index (χ0) is 20.4. The molecule has 0 saturated heterocycles. The molecule has 8 nitrogen and oxygen atoms in total. The highest BCUT2D eigenvalue weighted by Gasteiger charge is 2.22. The number of carbonyl (C=O) groups is 1. The molecule has 0 fully saturated rings. The average molecular weight is 390 g/mol. The first-order valence-electron chi connectivity index (χ1n) is 9.00. The van der Waals surface area contributed by atoms with Crippen LogP contribution in [0.5, 0.6) is 5.75 Å². The van der Waals surface area contributed by atoms with Gasteiger partial charge in [-0.05, 0) is 43.3 Å². The summed E-state index contributed by atoms with van der Waals surface area (Å²) in [6.07, 6.45) is 3.24. The number of nitrogens with zero attached hydrogens (tertiary/aromatic N) is 3. The molecule has 8 heteroatoms. The Labute approximate surface area is 165 Å². The van der Waals surface area contributed by atoms with Crippen LogP contribution in [0.2, 0.25) is 0 Å². The lowest BCUT2D eigenvalue weighted by molar-refractivity contribution is 0.0525. The number of hydrogen-bond acceptors (Lipinski definition) is 7. The number of benzene rings is 1. The minimum absolute atomic E-state index is 0.0983. The fraction of sp³-hybridized carbons (Fsp3) is 0.143. The van der Waals surface area contributed by atoms with E-state index < -0.39 is 11.5 Å². The zero-order valence-corrected chi connectivity index (χ0v) is 15.9. The lowest BCUT2D eigenvalue weighted by Crippen LogP contribution is -2.26. The van der Waals surface area contributed by atoms with Gasteiger partial charge in [-0.25, -0.2) is 9.78 Å². The van der Waals surface area contributed by atoms with Crippen molar-refractivity contribution in [3.63, 3.8) is 0 Å². The van der Waals surface area contributed by atoms with E-state index in [2.05, 4.69) is 15.3 Å². The average Bonchev–Trinajstić information content (AvgIpc) is 2.73. The Kier molecular flexibility index (Phi) is 4.82. The molecule has 0 aliphatic rings. The first-order chi connectivity index (χ1) is 14.1. The number of aromatic nitrogens is 3. The van der Waals surface area contributed by atoms with Gasteiger partial charge >= 0.3 is 5.97 Å². The van der Waals surface area contributed by atoms with Gasteiger partial charge in [-0.2, -0.15) is 0 Å². The molecule has 0 amide bonds. The topological polar surface area (TPSA) is 94.8 Å². The molecule has 0 unspecified atom stereocenters. The van der Waals surface area contributed by atoms with E-state index in [1.54, 1.807) is 31.3 Å². The molecular weight excluding hydrogens is 372 g/mol. The van der Waals surface area contributed by atoms with Crippen LogP contribution in [-0.4, -0.2) is 34.1 Å². The van der Waals surface area contributed by atoms with Crippen molar-refractivity contribution in [2.24, 2.45) is 0 Å². The van der Waals surface area contributed by atoms with E-state index in [0.717, 1.165) is 10.9 Å². The maximum Gasteiger partial charge on any atom is 0.347 e. The van der Waals surface area contributed by atoms with Crippen LogP contribution in [0.25, 0.3) is 16.6 Å². The minimum atomic E-state index is -0.743. The molecule has 0 radical (unpaired) electrons. The summed E-state index contributed by atoms with van der Waals surface area (Å²) >= 11 is 0. The number of methoxy groups -OCH3 is 1. The summed E-state index contributed by atoms with van der Waals surface area (Å²) in [5.74, 6) is -0.237. The maximum atomic E-state index is 13.1. The first kappa shape index (κ1) is 18.4. The molecule has 146 valence electrons. The maximum absolute atomic E-state index is 13.1. The molecule has 0 atom stereocenters. The lowest BCUT2D eigenvalue weighted by Gasteiger charge is -2.13. The van der Waals surface area contributed by atoms with Gasteiger partial charge in [-0.15, -0.1) is 0 Å². The summed E-state index contributed by atoms with van der Waals surface area (Å²) < 4.78 is 11.7. The number of fused-ring (bicyclic) bond motifs is 2. The lowest BCUT2D eigenvalue weighted by atomic mass is 10.2. The third-order valence-corrected chi connectivity index (χ3v) is 4.38. The Morgan fingerprint density at radius 3 is 2.86 bits per heavy atom. The predicted octanol–water partition coefficient (Wildman–Crippen LogP) is 3.17. The van der Waals surface area contributed by atoms with E-state index in [4.69, 9.17) is 9.47 Å². The summed E-state index contributed by atoms with van der Waals surface area (Å²) in [5.41, 5.74) is 1.05. The normalized spacial score (nSPS) is 10.8. The first-order valence-corrected chi connectivity index (χ1v) is 9.00. The molecule has 3 aromatic heterocycles. The molecule has 4 rings (SSSR count). The Balaban J connectivity index is 1.91. The number of ether oxygens (including phenoxy) is 2. The SMILES string of the molecule is CCOC(=O)c1c(Nc2ccc3ncccc3c2)nc2c(OC)cccn2c1=O. The summed E-state index contributed by atoms with van der Waals surface area (Å²) in [6, 6.07) is 12.6. The Morgan fingerprint density at radius 1 is 1.21 bits per heavy atom. The van der Waals surface area contributed by atoms with Crippen LogP contribution in [0.4, 0.5) is 11.5 Å². The highest BCUT2D eigenvalue weighted by molar-refractivity contribution is 5.96.